The van der Waals surface area contributed by atoms with E-state index < -0.39 is 11.6 Å². The predicted octanol–water partition coefficient (Wildman–Crippen LogP) is 8.73. The Morgan fingerprint density at radius 2 is 2.02 bits per heavy atom. The van der Waals surface area contributed by atoms with Crippen molar-refractivity contribution in [3.8, 4) is 11.5 Å². The van der Waals surface area contributed by atoms with Crippen LogP contribution in [-0.4, -0.2) is 34.6 Å². The monoisotopic (exact) mass is 577 g/mol. The Morgan fingerprint density at radius 1 is 1.19 bits per heavy atom. The quantitative estimate of drug-likeness (QED) is 0.131. The topological polar surface area (TPSA) is 72.4 Å². The van der Waals surface area contributed by atoms with Gasteiger partial charge in [0.15, 0.2) is 17.4 Å². The highest BCUT2D eigenvalue weighted by Gasteiger charge is 2.24. The van der Waals surface area contributed by atoms with Crippen molar-refractivity contribution in [2.24, 2.45) is 5.92 Å². The van der Waals surface area contributed by atoms with Crippen LogP contribution < -0.4 is 19.7 Å². The molecule has 0 radical (unpaired) electrons. The standard InChI is InChI=1S/C33H41F2N5O2/c1-6-9-11-13-24(34)16-25(8-3)42-29-17-26(35)27(15-23(29)5)38-32-31-28(36-21-37-32)18-30-33(39-31)40(14-12-10-7-2)19-22(4)20-41-30/h8,11,13,15-18,21-22H,6-7,9-10,12,14,19-20H2,1-5H3,(H,36,37,38)/b13-11+,24-16+,25-8+. The number of pyridine rings is 1. The molecule has 1 aromatic carbocycles. The zero-order chi connectivity index (χ0) is 30.1. The second-order valence-corrected chi connectivity index (χ2v) is 10.7. The molecule has 3 heterocycles. The maximum atomic E-state index is 15.4. The normalized spacial score (nSPS) is 16.0. The lowest BCUT2D eigenvalue weighted by Gasteiger charge is -2.24. The number of aromatic nitrogens is 3. The zero-order valence-corrected chi connectivity index (χ0v) is 25.2. The molecule has 224 valence electrons. The number of benzene rings is 1. The average molecular weight is 578 g/mol. The SMILES string of the molecule is C\C=C(/C=C(F)\C=C\CCC)Oc1cc(F)c(Nc2ncnc3cc4c(nc23)N(CCCCC)CC(C)CO4)cc1C. The van der Waals surface area contributed by atoms with E-state index in [1.165, 1.54) is 24.5 Å². The molecule has 0 saturated heterocycles. The minimum atomic E-state index is -0.543. The number of nitrogens with one attached hydrogen (secondary N) is 1. The first-order chi connectivity index (χ1) is 20.3. The summed E-state index contributed by atoms with van der Waals surface area (Å²) in [5, 5.41) is 3.11. The van der Waals surface area contributed by atoms with Crippen molar-refractivity contribution in [2.75, 3.05) is 29.9 Å². The number of rotatable bonds is 12. The largest absolute Gasteiger partial charge is 0.489 e. The summed E-state index contributed by atoms with van der Waals surface area (Å²) in [5.41, 5.74) is 2.01. The number of hydrogen-bond acceptors (Lipinski definition) is 7. The van der Waals surface area contributed by atoms with E-state index in [9.17, 15) is 4.39 Å². The number of nitrogens with zero attached hydrogens (tertiary/aromatic N) is 4. The average Bonchev–Trinajstić information content (AvgIpc) is 3.12. The molecule has 3 aromatic rings. The van der Waals surface area contributed by atoms with Gasteiger partial charge in [-0.1, -0.05) is 46.1 Å². The Labute approximate surface area is 247 Å². The minimum absolute atomic E-state index is 0.215. The Hall–Kier alpha value is -4.01. The van der Waals surface area contributed by atoms with Crippen molar-refractivity contribution in [2.45, 2.75) is 66.7 Å². The molecule has 1 unspecified atom stereocenters. The number of aryl methyl sites for hydroxylation is 1. The van der Waals surface area contributed by atoms with Gasteiger partial charge in [-0.05, 0) is 50.5 Å². The summed E-state index contributed by atoms with van der Waals surface area (Å²) >= 11 is 0. The van der Waals surface area contributed by atoms with Gasteiger partial charge in [0.1, 0.15) is 35.0 Å². The fourth-order valence-corrected chi connectivity index (χ4v) is 4.72. The summed E-state index contributed by atoms with van der Waals surface area (Å²) in [6.07, 6.45) is 12.6. The van der Waals surface area contributed by atoms with Crippen LogP contribution in [0.4, 0.5) is 26.1 Å². The van der Waals surface area contributed by atoms with Crippen LogP contribution in [0.25, 0.3) is 11.0 Å². The zero-order valence-electron chi connectivity index (χ0n) is 25.2. The van der Waals surface area contributed by atoms with E-state index in [0.29, 0.717) is 40.7 Å². The molecule has 7 nitrogen and oxygen atoms in total. The summed E-state index contributed by atoms with van der Waals surface area (Å²) in [6, 6.07) is 4.81. The molecule has 9 heteroatoms. The highest BCUT2D eigenvalue weighted by Crippen LogP contribution is 2.36. The highest BCUT2D eigenvalue weighted by atomic mass is 19.1. The number of hydrogen-bond donors (Lipinski definition) is 1. The molecule has 1 atom stereocenters. The molecule has 1 aliphatic rings. The van der Waals surface area contributed by atoms with Gasteiger partial charge >= 0.3 is 0 Å². The van der Waals surface area contributed by atoms with Gasteiger partial charge in [-0.15, -0.1) is 0 Å². The predicted molar refractivity (Wildman–Crippen MR) is 166 cm³/mol. The van der Waals surface area contributed by atoms with Gasteiger partial charge in [-0.3, -0.25) is 0 Å². The van der Waals surface area contributed by atoms with E-state index in [4.69, 9.17) is 14.5 Å². The van der Waals surface area contributed by atoms with Crippen molar-refractivity contribution in [1.82, 2.24) is 15.0 Å². The van der Waals surface area contributed by atoms with Crippen molar-refractivity contribution in [3.63, 3.8) is 0 Å². The lowest BCUT2D eigenvalue weighted by Crippen LogP contribution is -2.30. The van der Waals surface area contributed by atoms with E-state index >= 15 is 4.39 Å². The molecular formula is C33H41F2N5O2. The number of anilines is 3. The van der Waals surface area contributed by atoms with Crippen LogP contribution in [0.15, 0.2) is 60.4 Å². The molecule has 0 aliphatic carbocycles. The molecule has 0 fully saturated rings. The van der Waals surface area contributed by atoms with E-state index in [0.717, 1.165) is 51.0 Å². The van der Waals surface area contributed by atoms with Crippen LogP contribution in [0, 0.1) is 18.7 Å². The van der Waals surface area contributed by atoms with E-state index in [1.54, 1.807) is 32.1 Å². The summed E-state index contributed by atoms with van der Waals surface area (Å²) in [5.74, 6) is 1.78. The Kier molecular flexibility index (Phi) is 10.9. The van der Waals surface area contributed by atoms with Gasteiger partial charge in [0.2, 0.25) is 0 Å². The molecule has 1 N–H and O–H groups in total. The maximum absolute atomic E-state index is 15.4. The van der Waals surface area contributed by atoms with Crippen molar-refractivity contribution in [1.29, 1.82) is 0 Å². The van der Waals surface area contributed by atoms with Gasteiger partial charge in [-0.2, -0.15) is 0 Å². The number of ether oxygens (including phenoxy) is 2. The third kappa shape index (κ3) is 7.84. The first-order valence-corrected chi connectivity index (χ1v) is 14.8. The number of fused-ring (bicyclic) bond motifs is 2. The fraction of sp³-hybridized carbons (Fsp3) is 0.424. The second-order valence-electron chi connectivity index (χ2n) is 10.7. The number of allylic oxidation sites excluding steroid dienone is 5. The van der Waals surface area contributed by atoms with Crippen LogP contribution in [-0.2, 0) is 0 Å². The first kappa shape index (κ1) is 30.9. The second kappa shape index (κ2) is 14.8. The van der Waals surface area contributed by atoms with Crippen LogP contribution in [0.5, 0.6) is 11.5 Å². The lowest BCUT2D eigenvalue weighted by molar-refractivity contribution is 0.273. The van der Waals surface area contributed by atoms with Gasteiger partial charge in [0.05, 0.1) is 17.8 Å². The third-order valence-corrected chi connectivity index (χ3v) is 6.99. The van der Waals surface area contributed by atoms with E-state index in [1.807, 2.05) is 13.0 Å². The van der Waals surface area contributed by atoms with Gasteiger partial charge in [0, 0.05) is 37.2 Å². The maximum Gasteiger partial charge on any atom is 0.172 e. The Morgan fingerprint density at radius 3 is 2.79 bits per heavy atom. The van der Waals surface area contributed by atoms with Crippen LogP contribution >= 0.6 is 0 Å². The van der Waals surface area contributed by atoms with Gasteiger partial charge in [-0.25, -0.2) is 23.7 Å². The molecular weight excluding hydrogens is 536 g/mol. The van der Waals surface area contributed by atoms with Crippen LogP contribution in [0.1, 0.15) is 65.4 Å². The van der Waals surface area contributed by atoms with Crippen LogP contribution in [0.3, 0.4) is 0 Å². The molecule has 42 heavy (non-hydrogen) atoms. The lowest BCUT2D eigenvalue weighted by atomic mass is 10.1. The third-order valence-electron chi connectivity index (χ3n) is 6.99. The van der Waals surface area contributed by atoms with Crippen LogP contribution in [0.2, 0.25) is 0 Å². The molecule has 0 spiro atoms. The molecule has 4 rings (SSSR count). The Bertz CT molecular complexity index is 1470. The summed E-state index contributed by atoms with van der Waals surface area (Å²) in [4.78, 5) is 16.0. The van der Waals surface area contributed by atoms with E-state index in [-0.39, 0.29) is 17.2 Å². The van der Waals surface area contributed by atoms with Crippen molar-refractivity contribution >= 4 is 28.4 Å². The molecule has 2 aromatic heterocycles. The summed E-state index contributed by atoms with van der Waals surface area (Å²) in [6.45, 7) is 12.2. The summed E-state index contributed by atoms with van der Waals surface area (Å²) < 4.78 is 41.6. The molecule has 0 bridgehead atoms. The molecule has 0 saturated carbocycles. The van der Waals surface area contributed by atoms with E-state index in [2.05, 4.69) is 34.0 Å². The summed E-state index contributed by atoms with van der Waals surface area (Å²) in [7, 11) is 0. The van der Waals surface area contributed by atoms with Gasteiger partial charge in [0.25, 0.3) is 0 Å². The molecule has 0 amide bonds. The van der Waals surface area contributed by atoms with Crippen molar-refractivity contribution in [3.05, 3.63) is 71.8 Å². The first-order valence-electron chi connectivity index (χ1n) is 14.8. The number of unbranched alkanes of at least 4 members (excludes halogenated alkanes) is 3. The minimum Gasteiger partial charge on any atom is -0.489 e. The Balaban J connectivity index is 1.61. The smallest absolute Gasteiger partial charge is 0.172 e. The highest BCUT2D eigenvalue weighted by molar-refractivity contribution is 5.90. The molecule has 1 aliphatic heterocycles. The van der Waals surface area contributed by atoms with Crippen molar-refractivity contribution < 1.29 is 18.3 Å². The number of halogens is 2. The fourth-order valence-electron chi connectivity index (χ4n) is 4.72. The van der Waals surface area contributed by atoms with Gasteiger partial charge < -0.3 is 19.7 Å².